The maximum absolute atomic E-state index is 5.15. The molecule has 0 radical (unpaired) electrons. The second kappa shape index (κ2) is 15.8. The van der Waals surface area contributed by atoms with E-state index in [1.54, 1.807) is 0 Å². The van der Waals surface area contributed by atoms with Gasteiger partial charge in [0.05, 0.1) is 0 Å². The zero-order chi connectivity index (χ0) is 36.8. The molecule has 55 heavy (non-hydrogen) atoms. The van der Waals surface area contributed by atoms with Crippen molar-refractivity contribution in [2.45, 2.75) is 0 Å². The van der Waals surface area contributed by atoms with E-state index in [-0.39, 0.29) is 0 Å². The van der Waals surface area contributed by atoms with Gasteiger partial charge in [-0.25, -0.2) is 0 Å². The fourth-order valence-corrected chi connectivity index (χ4v) is 14.6. The number of hydrogen-bond acceptors (Lipinski definition) is 3. The summed E-state index contributed by atoms with van der Waals surface area (Å²) in [5.41, 5.74) is 13.1. The van der Waals surface area contributed by atoms with Crippen LogP contribution >= 0.6 is 0 Å². The number of nitrogens with zero attached hydrogens (tertiary/aromatic N) is 3. The van der Waals surface area contributed by atoms with Gasteiger partial charge in [0.2, 0.25) is 0 Å². The Bertz CT molecular complexity index is 2370. The Morgan fingerprint density at radius 3 is 0.691 bits per heavy atom. The van der Waals surface area contributed by atoms with Crippen LogP contribution in [0.5, 0.6) is 0 Å². The molecule has 0 saturated heterocycles. The van der Waals surface area contributed by atoms with Gasteiger partial charge in [-0.2, -0.15) is 0 Å². The fraction of sp³-hybridized carbons (Fsp3) is 0. The van der Waals surface area contributed by atoms with Gasteiger partial charge in [-0.15, -0.1) is 0 Å². The van der Waals surface area contributed by atoms with E-state index in [2.05, 4.69) is 200 Å². The fourth-order valence-electron chi connectivity index (χ4n) is 7.06. The summed E-state index contributed by atoms with van der Waals surface area (Å²) in [6.07, 6.45) is 6.04. The number of rotatable bonds is 9. The van der Waals surface area contributed by atoms with Crippen molar-refractivity contribution < 1.29 is 16.5 Å². The van der Waals surface area contributed by atoms with Crippen LogP contribution in [0.2, 0.25) is 0 Å². The molecule has 0 N–H and O–H groups in total. The molecular formula is C51H36IrN3. The molecule has 0 bridgehead atoms. The molecule has 0 aliphatic carbocycles. The number of benzene rings is 6. The van der Waals surface area contributed by atoms with Crippen molar-refractivity contribution in [2.24, 2.45) is 0 Å². The molecule has 0 unspecified atom stereocenters. The minimum absolute atomic E-state index is 0.978. The molecule has 3 heterocycles. The van der Waals surface area contributed by atoms with E-state index < -0.39 is 16.5 Å². The maximum atomic E-state index is 5.15. The Kier molecular flexibility index (Phi) is 9.83. The molecule has 3 aromatic heterocycles. The van der Waals surface area contributed by atoms with Gasteiger partial charge in [-0.3, -0.25) is 0 Å². The van der Waals surface area contributed by atoms with Crippen molar-refractivity contribution in [1.29, 1.82) is 0 Å². The van der Waals surface area contributed by atoms with Gasteiger partial charge in [0.15, 0.2) is 0 Å². The summed E-state index contributed by atoms with van der Waals surface area (Å²) >= 11 is -2.96. The summed E-state index contributed by atoms with van der Waals surface area (Å²) < 4.78 is 3.93. The monoisotopic (exact) mass is 883 g/mol. The Morgan fingerprint density at radius 1 is 0.236 bits per heavy atom. The van der Waals surface area contributed by atoms with Crippen LogP contribution < -0.4 is 12.2 Å². The Balaban J connectivity index is 1.45. The zero-order valence-corrected chi connectivity index (χ0v) is 32.4. The number of pyridine rings is 3. The first-order chi connectivity index (χ1) is 27.3. The molecule has 6 aromatic carbocycles. The van der Waals surface area contributed by atoms with E-state index in [1.165, 1.54) is 28.9 Å². The third-order valence-electron chi connectivity index (χ3n) is 9.51. The van der Waals surface area contributed by atoms with Gasteiger partial charge in [-0.05, 0) is 0 Å². The van der Waals surface area contributed by atoms with E-state index in [4.69, 9.17) is 15.0 Å². The van der Waals surface area contributed by atoms with Crippen LogP contribution in [0.3, 0.4) is 0 Å². The predicted molar refractivity (Wildman–Crippen MR) is 224 cm³/mol. The Hall–Kier alpha value is -6.58. The molecule has 0 aliphatic rings. The first-order valence-corrected chi connectivity index (χ1v) is 21.9. The molecule has 0 fully saturated rings. The van der Waals surface area contributed by atoms with E-state index in [0.29, 0.717) is 0 Å². The van der Waals surface area contributed by atoms with Crippen molar-refractivity contribution in [3.63, 3.8) is 0 Å². The first kappa shape index (κ1) is 34.2. The van der Waals surface area contributed by atoms with Crippen molar-refractivity contribution >= 4 is 12.2 Å². The summed E-state index contributed by atoms with van der Waals surface area (Å²) in [6.45, 7) is 0. The van der Waals surface area contributed by atoms with E-state index in [0.717, 1.165) is 50.5 Å². The van der Waals surface area contributed by atoms with Crippen LogP contribution in [-0.4, -0.2) is 15.0 Å². The average molecular weight is 883 g/mol. The molecule has 4 heteroatoms. The third-order valence-corrected chi connectivity index (χ3v) is 16.4. The van der Waals surface area contributed by atoms with Crippen LogP contribution in [0.25, 0.3) is 67.2 Å². The van der Waals surface area contributed by atoms with Crippen LogP contribution in [-0.2, 0) is 16.5 Å². The Labute approximate surface area is 327 Å². The second-order valence-corrected chi connectivity index (χ2v) is 18.6. The standard InChI is InChI=1S/3C17H12N.Ir/c3*1-3-8-14(9-4-1)16-12-7-13-18-17(16)15-10-5-2-6-11-15;/h3*1-11,13H;. The summed E-state index contributed by atoms with van der Waals surface area (Å²) in [5.74, 6) is 0. The first-order valence-electron chi connectivity index (χ1n) is 18.3. The van der Waals surface area contributed by atoms with E-state index >= 15 is 0 Å². The van der Waals surface area contributed by atoms with Gasteiger partial charge in [0, 0.05) is 0 Å². The van der Waals surface area contributed by atoms with Gasteiger partial charge in [0.25, 0.3) is 0 Å². The van der Waals surface area contributed by atoms with E-state index in [1.807, 2.05) is 18.6 Å². The van der Waals surface area contributed by atoms with Gasteiger partial charge >= 0.3 is 330 Å². The molecular weight excluding hydrogens is 847 g/mol. The van der Waals surface area contributed by atoms with Crippen LogP contribution in [0.15, 0.2) is 219 Å². The summed E-state index contributed by atoms with van der Waals surface area (Å²) in [5, 5.41) is 0. The van der Waals surface area contributed by atoms with Gasteiger partial charge < -0.3 is 0 Å². The Morgan fingerprint density at radius 2 is 0.455 bits per heavy atom. The van der Waals surface area contributed by atoms with E-state index in [9.17, 15) is 0 Å². The molecule has 0 spiro atoms. The third kappa shape index (κ3) is 6.86. The molecule has 0 aliphatic heterocycles. The normalized spacial score (nSPS) is 11.2. The van der Waals surface area contributed by atoms with Crippen LogP contribution in [0.4, 0.5) is 0 Å². The van der Waals surface area contributed by atoms with Crippen molar-refractivity contribution in [2.75, 3.05) is 0 Å². The second-order valence-electron chi connectivity index (χ2n) is 12.9. The molecule has 0 atom stereocenters. The average Bonchev–Trinajstić information content (AvgIpc) is 3.28. The molecule has 9 aromatic rings. The molecule has 0 saturated carbocycles. The van der Waals surface area contributed by atoms with Crippen molar-refractivity contribution in [1.82, 2.24) is 15.0 Å². The molecule has 0 amide bonds. The van der Waals surface area contributed by atoms with Gasteiger partial charge in [0.1, 0.15) is 0 Å². The predicted octanol–water partition coefficient (Wildman–Crippen LogP) is 10.8. The SMILES string of the molecule is c1ccc(-c2ncc[c]([Ir]([c]3ccnc(-c4ccccc4)c3-c3ccccc3)[c]3ccnc(-c4ccccc4)c3-c3ccccc3)c2-c2ccccc2)cc1. The summed E-state index contributed by atoms with van der Waals surface area (Å²) in [6, 6.07) is 71.1. The van der Waals surface area contributed by atoms with Crippen molar-refractivity contribution in [3.8, 4) is 67.2 Å². The number of aromatic nitrogens is 3. The summed E-state index contributed by atoms with van der Waals surface area (Å²) in [7, 11) is 0. The number of hydrogen-bond donors (Lipinski definition) is 0. The quantitative estimate of drug-likeness (QED) is 0.145. The topological polar surface area (TPSA) is 38.7 Å². The van der Waals surface area contributed by atoms with Crippen molar-refractivity contribution in [3.05, 3.63) is 219 Å². The molecule has 264 valence electrons. The minimum atomic E-state index is -2.96. The zero-order valence-electron chi connectivity index (χ0n) is 30.0. The summed E-state index contributed by atoms with van der Waals surface area (Å²) in [4.78, 5) is 15.4. The van der Waals surface area contributed by atoms with Gasteiger partial charge in [-0.1, -0.05) is 0 Å². The molecule has 3 nitrogen and oxygen atoms in total. The van der Waals surface area contributed by atoms with Crippen LogP contribution in [0.1, 0.15) is 0 Å². The van der Waals surface area contributed by atoms with Crippen LogP contribution in [0, 0.1) is 0 Å². The molecule has 9 rings (SSSR count).